The van der Waals surface area contributed by atoms with Crippen LogP contribution in [0.15, 0.2) is 48.6 Å². The van der Waals surface area contributed by atoms with Gasteiger partial charge in [0.1, 0.15) is 13.2 Å². The largest absolute Gasteiger partial charge is 0.462 e. The standard InChI is InChI=1S/C77H142O6/c1-4-7-10-13-16-19-22-25-28-31-34-36-38-40-41-43-46-49-52-55-58-61-64-67-70-76(79)82-73-74(72-81-75(78)69-66-63-60-57-54-51-48-45-33-30-27-24-21-18-15-12-9-6-3)83-77(80)71-68-65-62-59-56-53-50-47-44-42-39-37-35-32-29-26-23-20-17-14-11-8-5-2/h23,26,30,32-33,35,39,42,74H,4-22,24-25,27-29,31,34,36-38,40-41,43-73H2,1-3H3/b26-23-,33-30-,35-32-,42-39-. The van der Waals surface area contributed by atoms with E-state index in [1.807, 2.05) is 0 Å². The van der Waals surface area contributed by atoms with E-state index in [9.17, 15) is 14.4 Å². The molecular weight excluding hydrogens is 1020 g/mol. The van der Waals surface area contributed by atoms with Gasteiger partial charge in [-0.15, -0.1) is 0 Å². The molecule has 83 heavy (non-hydrogen) atoms. The van der Waals surface area contributed by atoms with Gasteiger partial charge in [0.15, 0.2) is 6.10 Å². The number of rotatable bonds is 69. The summed E-state index contributed by atoms with van der Waals surface area (Å²) in [5.74, 6) is -0.855. The van der Waals surface area contributed by atoms with E-state index in [0.717, 1.165) is 77.0 Å². The molecule has 0 radical (unpaired) electrons. The second-order valence-electron chi connectivity index (χ2n) is 25.2. The number of unbranched alkanes of at least 4 members (excludes halogenated alkanes) is 50. The minimum absolute atomic E-state index is 0.0731. The fourth-order valence-corrected chi connectivity index (χ4v) is 11.2. The molecule has 0 spiro atoms. The smallest absolute Gasteiger partial charge is 0.306 e. The molecule has 0 saturated heterocycles. The Kier molecular flexibility index (Phi) is 69.6. The summed E-state index contributed by atoms with van der Waals surface area (Å²) < 4.78 is 17.0. The summed E-state index contributed by atoms with van der Waals surface area (Å²) in [6, 6.07) is 0. The van der Waals surface area contributed by atoms with E-state index in [2.05, 4.69) is 69.4 Å². The molecule has 0 aliphatic rings. The van der Waals surface area contributed by atoms with Crippen LogP contribution in [0.25, 0.3) is 0 Å². The molecule has 6 nitrogen and oxygen atoms in total. The molecule has 0 amide bonds. The maximum Gasteiger partial charge on any atom is 0.306 e. The van der Waals surface area contributed by atoms with Gasteiger partial charge in [0, 0.05) is 19.3 Å². The van der Waals surface area contributed by atoms with Crippen LogP contribution in [0.3, 0.4) is 0 Å². The molecule has 0 fully saturated rings. The molecule has 0 saturated carbocycles. The Hall–Kier alpha value is -2.63. The minimum Gasteiger partial charge on any atom is -0.462 e. The molecular formula is C77H142O6. The van der Waals surface area contributed by atoms with Gasteiger partial charge in [-0.2, -0.15) is 0 Å². The van der Waals surface area contributed by atoms with E-state index in [-0.39, 0.29) is 31.1 Å². The van der Waals surface area contributed by atoms with E-state index < -0.39 is 6.10 Å². The molecule has 0 rings (SSSR count). The maximum absolute atomic E-state index is 13.0. The normalized spacial score (nSPS) is 12.3. The first-order valence-electron chi connectivity index (χ1n) is 37.1. The lowest BCUT2D eigenvalue weighted by molar-refractivity contribution is -0.167. The van der Waals surface area contributed by atoms with Crippen LogP contribution >= 0.6 is 0 Å². The van der Waals surface area contributed by atoms with Crippen molar-refractivity contribution < 1.29 is 28.6 Å². The van der Waals surface area contributed by atoms with E-state index in [1.165, 1.54) is 289 Å². The van der Waals surface area contributed by atoms with Crippen molar-refractivity contribution in [3.63, 3.8) is 0 Å². The zero-order chi connectivity index (χ0) is 59.9. The second-order valence-corrected chi connectivity index (χ2v) is 25.2. The van der Waals surface area contributed by atoms with Gasteiger partial charge < -0.3 is 14.2 Å². The Labute approximate surface area is 518 Å². The maximum atomic E-state index is 13.0. The molecule has 1 unspecified atom stereocenters. The van der Waals surface area contributed by atoms with Crippen LogP contribution in [0.4, 0.5) is 0 Å². The highest BCUT2D eigenvalue weighted by atomic mass is 16.6. The first-order valence-corrected chi connectivity index (χ1v) is 37.1. The quantitative estimate of drug-likeness (QED) is 0.0261. The van der Waals surface area contributed by atoms with Crippen LogP contribution in [-0.2, 0) is 28.6 Å². The van der Waals surface area contributed by atoms with E-state index in [0.29, 0.717) is 19.3 Å². The molecule has 0 aliphatic heterocycles. The van der Waals surface area contributed by atoms with Crippen molar-refractivity contribution >= 4 is 17.9 Å². The van der Waals surface area contributed by atoms with Crippen LogP contribution in [0.1, 0.15) is 406 Å². The van der Waals surface area contributed by atoms with Gasteiger partial charge in [-0.05, 0) is 83.5 Å². The highest BCUT2D eigenvalue weighted by Crippen LogP contribution is 2.19. The number of hydrogen-bond donors (Lipinski definition) is 0. The van der Waals surface area contributed by atoms with Gasteiger partial charge in [-0.1, -0.05) is 352 Å². The molecule has 0 aromatic carbocycles. The predicted molar refractivity (Wildman–Crippen MR) is 362 cm³/mol. The first-order chi connectivity index (χ1) is 41.0. The second kappa shape index (κ2) is 71.8. The van der Waals surface area contributed by atoms with Crippen LogP contribution < -0.4 is 0 Å². The summed E-state index contributed by atoms with van der Waals surface area (Å²) in [6.45, 7) is 6.70. The summed E-state index contributed by atoms with van der Waals surface area (Å²) in [5.41, 5.74) is 0. The fraction of sp³-hybridized carbons (Fsp3) is 0.857. The van der Waals surface area contributed by atoms with Gasteiger partial charge in [0.2, 0.25) is 0 Å². The summed E-state index contributed by atoms with van der Waals surface area (Å²) in [4.78, 5) is 38.5. The lowest BCUT2D eigenvalue weighted by Gasteiger charge is -2.18. The lowest BCUT2D eigenvalue weighted by atomic mass is 10.0. The molecule has 6 heteroatoms. The number of allylic oxidation sites excluding steroid dienone is 8. The zero-order valence-electron chi connectivity index (χ0n) is 56.0. The van der Waals surface area contributed by atoms with Crippen LogP contribution in [0, 0.1) is 0 Å². The minimum atomic E-state index is -0.780. The summed E-state index contributed by atoms with van der Waals surface area (Å²) in [5, 5.41) is 0. The third kappa shape index (κ3) is 70.0. The Morgan fingerprint density at radius 3 is 0.687 bits per heavy atom. The highest BCUT2D eigenvalue weighted by molar-refractivity contribution is 5.71. The van der Waals surface area contributed by atoms with Gasteiger partial charge in [-0.25, -0.2) is 0 Å². The summed E-state index contributed by atoms with van der Waals surface area (Å²) in [6.07, 6.45) is 91.4. The van der Waals surface area contributed by atoms with Crippen molar-refractivity contribution in [2.24, 2.45) is 0 Å². The Morgan fingerprint density at radius 2 is 0.434 bits per heavy atom. The number of carbonyl (C=O) groups excluding carboxylic acids is 3. The average molecular weight is 1160 g/mol. The van der Waals surface area contributed by atoms with Crippen molar-refractivity contribution in [1.82, 2.24) is 0 Å². The molecule has 1 atom stereocenters. The van der Waals surface area contributed by atoms with E-state index >= 15 is 0 Å². The van der Waals surface area contributed by atoms with Gasteiger partial charge in [0.25, 0.3) is 0 Å². The molecule has 0 bridgehead atoms. The molecule has 0 N–H and O–H groups in total. The van der Waals surface area contributed by atoms with Crippen molar-refractivity contribution in [1.29, 1.82) is 0 Å². The van der Waals surface area contributed by atoms with Crippen LogP contribution in [0.2, 0.25) is 0 Å². The van der Waals surface area contributed by atoms with Crippen molar-refractivity contribution in [3.8, 4) is 0 Å². The number of ether oxygens (including phenoxy) is 3. The Balaban J connectivity index is 4.33. The first kappa shape index (κ1) is 80.4. The van der Waals surface area contributed by atoms with Gasteiger partial charge in [0.05, 0.1) is 0 Å². The molecule has 0 aromatic heterocycles. The topological polar surface area (TPSA) is 78.9 Å². The Morgan fingerprint density at radius 1 is 0.241 bits per heavy atom. The summed E-state index contributed by atoms with van der Waals surface area (Å²) >= 11 is 0. The number of carbonyl (C=O) groups is 3. The van der Waals surface area contributed by atoms with E-state index in [4.69, 9.17) is 14.2 Å². The number of esters is 3. The van der Waals surface area contributed by atoms with Crippen LogP contribution in [0.5, 0.6) is 0 Å². The molecule has 486 valence electrons. The van der Waals surface area contributed by atoms with Gasteiger partial charge >= 0.3 is 17.9 Å². The SMILES string of the molecule is CCCCCCC/C=C\C/C=C\C/C=C\CCCCCCCCCCC(=O)OC(COC(=O)CCCCCCCCC/C=C\CCCCCCCCC)COC(=O)CCCCCCCCCCCCCCCCCCCCCCCCCC. The van der Waals surface area contributed by atoms with Crippen molar-refractivity contribution in [2.45, 2.75) is 412 Å². The van der Waals surface area contributed by atoms with Crippen molar-refractivity contribution in [2.75, 3.05) is 13.2 Å². The Bertz CT molecular complexity index is 1430. The van der Waals surface area contributed by atoms with Crippen LogP contribution in [-0.4, -0.2) is 37.2 Å². The number of hydrogen-bond acceptors (Lipinski definition) is 6. The monoisotopic (exact) mass is 1160 g/mol. The average Bonchev–Trinajstić information content (AvgIpc) is 3.49. The molecule has 0 heterocycles. The molecule has 0 aromatic rings. The zero-order valence-corrected chi connectivity index (χ0v) is 56.0. The highest BCUT2D eigenvalue weighted by Gasteiger charge is 2.19. The third-order valence-corrected chi connectivity index (χ3v) is 16.8. The van der Waals surface area contributed by atoms with Gasteiger partial charge in [-0.3, -0.25) is 14.4 Å². The van der Waals surface area contributed by atoms with E-state index in [1.54, 1.807) is 0 Å². The predicted octanol–water partition coefficient (Wildman–Crippen LogP) is 25.7. The lowest BCUT2D eigenvalue weighted by Crippen LogP contribution is -2.30. The van der Waals surface area contributed by atoms with Crippen molar-refractivity contribution in [3.05, 3.63) is 48.6 Å². The fourth-order valence-electron chi connectivity index (χ4n) is 11.2. The third-order valence-electron chi connectivity index (χ3n) is 16.8. The summed E-state index contributed by atoms with van der Waals surface area (Å²) in [7, 11) is 0. The molecule has 0 aliphatic carbocycles.